The molecule has 3 aromatic rings. The van der Waals surface area contributed by atoms with E-state index in [1.165, 1.54) is 15.9 Å². The van der Waals surface area contributed by atoms with Crippen molar-refractivity contribution in [2.75, 3.05) is 5.73 Å². The Morgan fingerprint density at radius 1 is 1.31 bits per heavy atom. The molecule has 6 nitrogen and oxygen atoms in total. The standard InChI is InChI=1S/C8H5ClN6S/c9-5-1-2-6-12-13-7(15(6)14-5)4-3-16-8(10)11-4/h1-3H,(H2,10,11). The zero-order valence-electron chi connectivity index (χ0n) is 7.83. The molecule has 3 heterocycles. The van der Waals surface area contributed by atoms with Gasteiger partial charge < -0.3 is 5.73 Å². The van der Waals surface area contributed by atoms with Gasteiger partial charge in [0.2, 0.25) is 5.82 Å². The van der Waals surface area contributed by atoms with Crippen LogP contribution in [0.25, 0.3) is 17.2 Å². The number of thiazole rings is 1. The fourth-order valence-electron chi connectivity index (χ4n) is 1.32. The number of rotatable bonds is 1. The van der Waals surface area contributed by atoms with Crippen molar-refractivity contribution >= 4 is 33.7 Å². The molecule has 0 aliphatic carbocycles. The van der Waals surface area contributed by atoms with Crippen molar-refractivity contribution in [1.29, 1.82) is 0 Å². The lowest BCUT2D eigenvalue weighted by Gasteiger charge is -1.94. The van der Waals surface area contributed by atoms with Crippen LogP contribution in [-0.4, -0.2) is 24.8 Å². The Morgan fingerprint density at radius 2 is 2.19 bits per heavy atom. The van der Waals surface area contributed by atoms with E-state index in [4.69, 9.17) is 17.3 Å². The average molecular weight is 253 g/mol. The van der Waals surface area contributed by atoms with Crippen molar-refractivity contribution < 1.29 is 0 Å². The Morgan fingerprint density at radius 3 is 2.94 bits per heavy atom. The average Bonchev–Trinajstić information content (AvgIpc) is 2.83. The van der Waals surface area contributed by atoms with Crippen molar-refractivity contribution in [3.05, 3.63) is 22.7 Å². The molecule has 0 aliphatic rings. The fourth-order valence-corrected chi connectivity index (χ4v) is 2.00. The van der Waals surface area contributed by atoms with E-state index in [1.54, 1.807) is 17.5 Å². The third-order valence-corrected chi connectivity index (χ3v) is 2.86. The van der Waals surface area contributed by atoms with Crippen LogP contribution in [0, 0.1) is 0 Å². The molecule has 2 N–H and O–H groups in total. The smallest absolute Gasteiger partial charge is 0.204 e. The van der Waals surface area contributed by atoms with Gasteiger partial charge in [0, 0.05) is 5.38 Å². The molecule has 0 fully saturated rings. The van der Waals surface area contributed by atoms with Gasteiger partial charge in [0.25, 0.3) is 0 Å². The summed E-state index contributed by atoms with van der Waals surface area (Å²) in [6.07, 6.45) is 0. The van der Waals surface area contributed by atoms with Crippen LogP contribution in [0.15, 0.2) is 17.5 Å². The highest BCUT2D eigenvalue weighted by Gasteiger charge is 2.12. The molecule has 0 saturated heterocycles. The van der Waals surface area contributed by atoms with E-state index in [2.05, 4.69) is 20.3 Å². The number of hydrogen-bond donors (Lipinski definition) is 1. The Balaban J connectivity index is 2.27. The summed E-state index contributed by atoms with van der Waals surface area (Å²) >= 11 is 7.15. The Bertz CT molecular complexity index is 659. The van der Waals surface area contributed by atoms with Gasteiger partial charge in [-0.05, 0) is 12.1 Å². The second-order valence-corrected chi connectivity index (χ2v) is 4.30. The van der Waals surface area contributed by atoms with Gasteiger partial charge in [0.05, 0.1) is 0 Å². The highest BCUT2D eigenvalue weighted by molar-refractivity contribution is 7.13. The maximum atomic E-state index is 5.81. The molecule has 3 aromatic heterocycles. The largest absolute Gasteiger partial charge is 0.375 e. The van der Waals surface area contributed by atoms with Crippen molar-refractivity contribution in [2.45, 2.75) is 0 Å². The second-order valence-electron chi connectivity index (χ2n) is 3.02. The molecule has 16 heavy (non-hydrogen) atoms. The lowest BCUT2D eigenvalue weighted by molar-refractivity contribution is 0.932. The van der Waals surface area contributed by atoms with E-state index < -0.39 is 0 Å². The predicted octanol–water partition coefficient (Wildman–Crippen LogP) is 1.48. The summed E-state index contributed by atoms with van der Waals surface area (Å²) in [5.41, 5.74) is 6.82. The zero-order chi connectivity index (χ0) is 11.1. The summed E-state index contributed by atoms with van der Waals surface area (Å²) in [5, 5.41) is 14.7. The maximum Gasteiger partial charge on any atom is 0.204 e. The highest BCUT2D eigenvalue weighted by Crippen LogP contribution is 2.21. The minimum Gasteiger partial charge on any atom is -0.375 e. The van der Waals surface area contributed by atoms with E-state index in [0.717, 1.165) is 0 Å². The van der Waals surface area contributed by atoms with Crippen LogP contribution in [0.3, 0.4) is 0 Å². The van der Waals surface area contributed by atoms with Crippen LogP contribution >= 0.6 is 22.9 Å². The first-order valence-electron chi connectivity index (χ1n) is 4.33. The number of nitrogen functional groups attached to an aromatic ring is 1. The molecule has 80 valence electrons. The van der Waals surface area contributed by atoms with Crippen LogP contribution in [-0.2, 0) is 0 Å². The Hall–Kier alpha value is -1.73. The SMILES string of the molecule is Nc1nc(-c2nnc3ccc(Cl)nn23)cs1. The lowest BCUT2D eigenvalue weighted by Crippen LogP contribution is -1.95. The maximum absolute atomic E-state index is 5.81. The van der Waals surface area contributed by atoms with Crippen LogP contribution in [0.1, 0.15) is 0 Å². The predicted molar refractivity (Wildman–Crippen MR) is 61.3 cm³/mol. The molecule has 0 aromatic carbocycles. The first-order chi connectivity index (χ1) is 7.74. The van der Waals surface area contributed by atoms with Crippen molar-refractivity contribution in [3.8, 4) is 11.5 Å². The quantitative estimate of drug-likeness (QED) is 0.709. The monoisotopic (exact) mass is 252 g/mol. The fraction of sp³-hybridized carbons (Fsp3) is 0. The number of anilines is 1. The third-order valence-electron chi connectivity index (χ3n) is 1.98. The minimum absolute atomic E-state index is 0.372. The van der Waals surface area contributed by atoms with Gasteiger partial charge in [0.15, 0.2) is 10.8 Å². The molecule has 0 atom stereocenters. The molecule has 0 unspecified atom stereocenters. The molecule has 8 heteroatoms. The van der Waals surface area contributed by atoms with Gasteiger partial charge >= 0.3 is 0 Å². The number of fused-ring (bicyclic) bond motifs is 1. The van der Waals surface area contributed by atoms with Crippen molar-refractivity contribution in [3.63, 3.8) is 0 Å². The van der Waals surface area contributed by atoms with Crippen molar-refractivity contribution in [1.82, 2.24) is 24.8 Å². The Labute approximate surface area is 98.7 Å². The topological polar surface area (TPSA) is 82.0 Å². The van der Waals surface area contributed by atoms with E-state index in [0.29, 0.717) is 27.5 Å². The molecule has 0 spiro atoms. The number of nitrogens with zero attached hydrogens (tertiary/aromatic N) is 5. The molecule has 0 bridgehead atoms. The molecule has 0 amide bonds. The first kappa shape index (κ1) is 9.49. The third kappa shape index (κ3) is 1.41. The van der Waals surface area contributed by atoms with Gasteiger partial charge in [-0.25, -0.2) is 4.98 Å². The van der Waals surface area contributed by atoms with Gasteiger partial charge in [-0.1, -0.05) is 11.6 Å². The Kier molecular flexibility index (Phi) is 2.01. The lowest BCUT2D eigenvalue weighted by atomic mass is 10.4. The van der Waals surface area contributed by atoms with E-state index in [1.807, 2.05) is 0 Å². The number of nitrogens with two attached hydrogens (primary N) is 1. The van der Waals surface area contributed by atoms with Crippen LogP contribution in [0.5, 0.6) is 0 Å². The summed E-state index contributed by atoms with van der Waals surface area (Å²) in [4.78, 5) is 4.12. The summed E-state index contributed by atoms with van der Waals surface area (Å²) < 4.78 is 1.54. The van der Waals surface area contributed by atoms with E-state index in [-0.39, 0.29) is 0 Å². The number of halogens is 1. The molecule has 0 aliphatic heterocycles. The van der Waals surface area contributed by atoms with Gasteiger partial charge in [-0.2, -0.15) is 9.61 Å². The molecule has 0 radical (unpaired) electrons. The van der Waals surface area contributed by atoms with Gasteiger partial charge in [-0.15, -0.1) is 21.5 Å². The highest BCUT2D eigenvalue weighted by atomic mass is 35.5. The minimum atomic E-state index is 0.372. The normalized spacial score (nSPS) is 11.1. The molecule has 0 saturated carbocycles. The summed E-state index contributed by atoms with van der Waals surface area (Å²) in [5.74, 6) is 0.533. The second kappa shape index (κ2) is 3.39. The first-order valence-corrected chi connectivity index (χ1v) is 5.59. The van der Waals surface area contributed by atoms with Crippen LogP contribution in [0.2, 0.25) is 5.15 Å². The van der Waals surface area contributed by atoms with Crippen molar-refractivity contribution in [2.24, 2.45) is 0 Å². The van der Waals surface area contributed by atoms with Crippen LogP contribution < -0.4 is 5.73 Å². The molecule has 3 rings (SSSR count). The molecular formula is C8H5ClN6S. The summed E-state index contributed by atoms with van der Waals surface area (Å²) in [6, 6.07) is 3.40. The number of hydrogen-bond acceptors (Lipinski definition) is 6. The zero-order valence-corrected chi connectivity index (χ0v) is 9.40. The van der Waals surface area contributed by atoms with Gasteiger partial charge in [0.1, 0.15) is 10.8 Å². The van der Waals surface area contributed by atoms with Gasteiger partial charge in [-0.3, -0.25) is 0 Å². The van der Waals surface area contributed by atoms with E-state index in [9.17, 15) is 0 Å². The summed E-state index contributed by atoms with van der Waals surface area (Å²) in [7, 11) is 0. The van der Waals surface area contributed by atoms with Crippen LogP contribution in [0.4, 0.5) is 5.13 Å². The number of aromatic nitrogens is 5. The summed E-state index contributed by atoms with van der Waals surface area (Å²) in [6.45, 7) is 0. The van der Waals surface area contributed by atoms with E-state index >= 15 is 0 Å². The molecular weight excluding hydrogens is 248 g/mol.